The maximum atomic E-state index is 13.9. The summed E-state index contributed by atoms with van der Waals surface area (Å²) in [7, 11) is 0. The highest BCUT2D eigenvalue weighted by atomic mass is 32.1. The zero-order chi connectivity index (χ0) is 18.3. The van der Waals surface area contributed by atoms with Crippen LogP contribution >= 0.6 is 11.3 Å². The minimum absolute atomic E-state index is 0.256. The normalized spacial score (nSPS) is 13.5. The Labute approximate surface area is 150 Å². The van der Waals surface area contributed by atoms with Crippen LogP contribution in [0.1, 0.15) is 26.6 Å². The lowest BCUT2D eigenvalue weighted by Gasteiger charge is -2.12. The van der Waals surface area contributed by atoms with Gasteiger partial charge in [0.05, 0.1) is 18.8 Å². The number of benzene rings is 1. The van der Waals surface area contributed by atoms with Gasteiger partial charge in [0, 0.05) is 4.88 Å². The Hall–Kier alpha value is -2.65. The molecule has 4 rings (SSSR count). The summed E-state index contributed by atoms with van der Waals surface area (Å²) in [6, 6.07) is 3.27. The monoisotopic (exact) mass is 377 g/mol. The Bertz CT molecular complexity index is 979. The molecule has 0 saturated carbocycles. The van der Waals surface area contributed by atoms with Gasteiger partial charge in [0.1, 0.15) is 22.2 Å². The second-order valence-corrected chi connectivity index (χ2v) is 6.81. The second kappa shape index (κ2) is 6.58. The highest BCUT2D eigenvalue weighted by Crippen LogP contribution is 2.42. The van der Waals surface area contributed by atoms with E-state index in [-0.39, 0.29) is 5.89 Å². The van der Waals surface area contributed by atoms with Gasteiger partial charge in [0.15, 0.2) is 5.82 Å². The average molecular weight is 377 g/mol. The zero-order valence-corrected chi connectivity index (χ0v) is 14.5. The molecule has 134 valence electrons. The van der Waals surface area contributed by atoms with Crippen LogP contribution in [0.4, 0.5) is 13.8 Å². The lowest BCUT2D eigenvalue weighted by molar-refractivity contribution is 0.101. The zero-order valence-electron chi connectivity index (χ0n) is 13.6. The fourth-order valence-corrected chi connectivity index (χ4v) is 4.00. The van der Waals surface area contributed by atoms with Crippen molar-refractivity contribution in [3.05, 3.63) is 51.7 Å². The van der Waals surface area contributed by atoms with Gasteiger partial charge in [0.2, 0.25) is 0 Å². The first-order valence-electron chi connectivity index (χ1n) is 7.83. The van der Waals surface area contributed by atoms with Crippen molar-refractivity contribution in [1.82, 2.24) is 10.1 Å². The van der Waals surface area contributed by atoms with Crippen molar-refractivity contribution in [3.63, 3.8) is 0 Å². The number of hydrogen-bond donors (Lipinski definition) is 1. The predicted octanol–water partition coefficient (Wildman–Crippen LogP) is 3.71. The Morgan fingerprint density at radius 2 is 2.08 bits per heavy atom. The van der Waals surface area contributed by atoms with Gasteiger partial charge in [-0.25, -0.2) is 8.78 Å². The summed E-state index contributed by atoms with van der Waals surface area (Å²) >= 11 is 1.27. The number of thiophene rings is 1. The Morgan fingerprint density at radius 1 is 1.31 bits per heavy atom. The van der Waals surface area contributed by atoms with Crippen LogP contribution in [-0.4, -0.2) is 22.7 Å². The number of anilines is 1. The lowest BCUT2D eigenvalue weighted by atomic mass is 10.1. The maximum absolute atomic E-state index is 13.9. The van der Waals surface area contributed by atoms with Crippen LogP contribution in [0, 0.1) is 18.6 Å². The number of fused-ring (bicyclic) bond motifs is 1. The van der Waals surface area contributed by atoms with Crippen LogP contribution in [0.3, 0.4) is 0 Å². The fraction of sp³-hybridized carbons (Fsp3) is 0.235. The van der Waals surface area contributed by atoms with Gasteiger partial charge in [-0.05, 0) is 31.0 Å². The third kappa shape index (κ3) is 2.89. The number of nitrogens with one attached hydrogen (secondary N) is 1. The molecule has 0 saturated heterocycles. The van der Waals surface area contributed by atoms with Crippen molar-refractivity contribution in [3.8, 4) is 11.5 Å². The predicted molar refractivity (Wildman–Crippen MR) is 90.0 cm³/mol. The minimum Gasteiger partial charge on any atom is -0.376 e. The molecule has 0 radical (unpaired) electrons. The molecule has 3 heterocycles. The van der Waals surface area contributed by atoms with Crippen molar-refractivity contribution >= 4 is 22.2 Å². The standard InChI is InChI=1S/C17H13F2N3O3S/c1-8-20-16(25-22-8)13-9-5-6-24-7-12(9)26-17(13)21-15(23)14-10(18)3-2-4-11(14)19/h2-4H,5-7H2,1H3,(H,21,23). The van der Waals surface area contributed by atoms with Crippen LogP contribution in [0.15, 0.2) is 22.7 Å². The number of ether oxygens (including phenoxy) is 1. The fourth-order valence-electron chi connectivity index (χ4n) is 2.83. The molecule has 1 amide bonds. The quantitative estimate of drug-likeness (QED) is 0.753. The summed E-state index contributed by atoms with van der Waals surface area (Å²) in [6.07, 6.45) is 0.618. The number of aromatic nitrogens is 2. The molecule has 1 aromatic carbocycles. The largest absolute Gasteiger partial charge is 0.376 e. The van der Waals surface area contributed by atoms with E-state index < -0.39 is 23.1 Å². The van der Waals surface area contributed by atoms with Crippen LogP contribution in [-0.2, 0) is 17.8 Å². The Kier molecular flexibility index (Phi) is 4.25. The van der Waals surface area contributed by atoms with E-state index >= 15 is 0 Å². The highest BCUT2D eigenvalue weighted by molar-refractivity contribution is 7.17. The number of amides is 1. The van der Waals surface area contributed by atoms with Gasteiger partial charge >= 0.3 is 0 Å². The lowest BCUT2D eigenvalue weighted by Crippen LogP contribution is -2.15. The van der Waals surface area contributed by atoms with Gasteiger partial charge in [-0.3, -0.25) is 4.79 Å². The van der Waals surface area contributed by atoms with Gasteiger partial charge < -0.3 is 14.6 Å². The van der Waals surface area contributed by atoms with Gasteiger partial charge in [-0.1, -0.05) is 11.2 Å². The second-order valence-electron chi connectivity index (χ2n) is 5.71. The van der Waals surface area contributed by atoms with E-state index in [9.17, 15) is 13.6 Å². The number of rotatable bonds is 3. The molecule has 0 atom stereocenters. The number of hydrogen-bond acceptors (Lipinski definition) is 6. The third-order valence-electron chi connectivity index (χ3n) is 3.98. The van der Waals surface area contributed by atoms with Crippen LogP contribution in [0.5, 0.6) is 0 Å². The molecular formula is C17H13F2N3O3S. The van der Waals surface area contributed by atoms with Crippen molar-refractivity contribution in [2.24, 2.45) is 0 Å². The van der Waals surface area contributed by atoms with E-state index in [1.165, 1.54) is 17.4 Å². The maximum Gasteiger partial charge on any atom is 0.262 e. The first-order chi connectivity index (χ1) is 12.5. The summed E-state index contributed by atoms with van der Waals surface area (Å²) in [5, 5.41) is 6.77. The number of aryl methyl sites for hydroxylation is 1. The van der Waals surface area contributed by atoms with E-state index in [0.29, 0.717) is 36.0 Å². The number of carbonyl (C=O) groups excluding carboxylic acids is 1. The molecule has 3 aromatic rings. The van der Waals surface area contributed by atoms with Gasteiger partial charge in [-0.15, -0.1) is 11.3 Å². The van der Waals surface area contributed by atoms with Crippen molar-refractivity contribution < 1.29 is 22.8 Å². The van der Waals surface area contributed by atoms with Crippen LogP contribution in [0.2, 0.25) is 0 Å². The minimum atomic E-state index is -0.928. The van der Waals surface area contributed by atoms with Crippen molar-refractivity contribution in [2.45, 2.75) is 20.0 Å². The van der Waals surface area contributed by atoms with Crippen molar-refractivity contribution in [1.29, 1.82) is 0 Å². The third-order valence-corrected chi connectivity index (χ3v) is 5.10. The molecule has 0 spiro atoms. The average Bonchev–Trinajstić information content (AvgIpc) is 3.17. The Balaban J connectivity index is 1.77. The molecule has 6 nitrogen and oxygen atoms in total. The van der Waals surface area contributed by atoms with E-state index in [1.807, 2.05) is 0 Å². The molecule has 2 aromatic heterocycles. The molecule has 0 bridgehead atoms. The molecule has 0 unspecified atom stereocenters. The summed E-state index contributed by atoms with van der Waals surface area (Å²) in [5.41, 5.74) is 0.885. The molecule has 0 aliphatic carbocycles. The number of nitrogens with zero attached hydrogens (tertiary/aromatic N) is 2. The first kappa shape index (κ1) is 16.8. The Morgan fingerprint density at radius 3 is 2.77 bits per heavy atom. The number of carbonyl (C=O) groups is 1. The summed E-state index contributed by atoms with van der Waals surface area (Å²) in [5.74, 6) is -2.03. The summed E-state index contributed by atoms with van der Waals surface area (Å²) in [4.78, 5) is 17.6. The summed E-state index contributed by atoms with van der Waals surface area (Å²) < 4.78 is 38.5. The molecule has 1 N–H and O–H groups in total. The van der Waals surface area contributed by atoms with E-state index in [0.717, 1.165) is 22.6 Å². The van der Waals surface area contributed by atoms with Crippen molar-refractivity contribution in [2.75, 3.05) is 11.9 Å². The molecule has 26 heavy (non-hydrogen) atoms. The topological polar surface area (TPSA) is 77.2 Å². The highest BCUT2D eigenvalue weighted by Gasteiger charge is 2.28. The summed E-state index contributed by atoms with van der Waals surface area (Å²) in [6.45, 7) is 2.60. The van der Waals surface area contributed by atoms with E-state index in [4.69, 9.17) is 9.26 Å². The van der Waals surface area contributed by atoms with Gasteiger partial charge in [0.25, 0.3) is 11.8 Å². The van der Waals surface area contributed by atoms with Crippen LogP contribution < -0.4 is 5.32 Å². The van der Waals surface area contributed by atoms with E-state index in [2.05, 4.69) is 15.5 Å². The molecule has 1 aliphatic rings. The van der Waals surface area contributed by atoms with Gasteiger partial charge in [-0.2, -0.15) is 4.98 Å². The smallest absolute Gasteiger partial charge is 0.262 e. The molecule has 0 fully saturated rings. The SMILES string of the molecule is Cc1noc(-c2c(NC(=O)c3c(F)cccc3F)sc3c2CCOC3)n1. The van der Waals surface area contributed by atoms with Crippen LogP contribution in [0.25, 0.3) is 11.5 Å². The molecule has 1 aliphatic heterocycles. The number of halogens is 2. The molecular weight excluding hydrogens is 364 g/mol. The first-order valence-corrected chi connectivity index (χ1v) is 8.64. The molecule has 9 heteroatoms. The van der Waals surface area contributed by atoms with E-state index in [1.54, 1.807) is 6.92 Å².